The maximum absolute atomic E-state index is 13.2. The number of hydrogen-bond acceptors (Lipinski definition) is 7. The van der Waals surface area contributed by atoms with Crippen LogP contribution in [-0.4, -0.2) is 53.7 Å². The number of hydrogen-bond donors (Lipinski definition) is 3. The van der Waals surface area contributed by atoms with Gasteiger partial charge in [0, 0.05) is 12.0 Å². The molecule has 3 aromatic rings. The molecule has 3 rings (SSSR count). The first-order valence-corrected chi connectivity index (χ1v) is 12.8. The summed E-state index contributed by atoms with van der Waals surface area (Å²) in [6.07, 6.45) is -1.69. The van der Waals surface area contributed by atoms with Crippen molar-refractivity contribution in [3.63, 3.8) is 0 Å². The van der Waals surface area contributed by atoms with Crippen LogP contribution in [-0.2, 0) is 25.5 Å². The number of esters is 2. The minimum Gasteiger partial charge on any atom is -0.467 e. The van der Waals surface area contributed by atoms with E-state index in [1.807, 2.05) is 0 Å². The van der Waals surface area contributed by atoms with Crippen LogP contribution in [0.2, 0.25) is 0 Å². The number of benzene rings is 3. The van der Waals surface area contributed by atoms with E-state index in [0.29, 0.717) is 22.3 Å². The van der Waals surface area contributed by atoms with E-state index >= 15 is 0 Å². The molecule has 0 saturated carbocycles. The van der Waals surface area contributed by atoms with Crippen molar-refractivity contribution in [1.82, 2.24) is 10.6 Å². The van der Waals surface area contributed by atoms with Gasteiger partial charge in [0.2, 0.25) is 0 Å². The summed E-state index contributed by atoms with van der Waals surface area (Å²) in [5.74, 6) is -2.55. The third kappa shape index (κ3) is 8.51. The highest BCUT2D eigenvalue weighted by molar-refractivity contribution is 5.95. The van der Waals surface area contributed by atoms with Crippen LogP contribution in [0.5, 0.6) is 0 Å². The Bertz CT molecular complexity index is 1300. The Kier molecular flexibility index (Phi) is 10.2. The van der Waals surface area contributed by atoms with Gasteiger partial charge in [-0.15, -0.1) is 0 Å². The Morgan fingerprint density at radius 2 is 1.38 bits per heavy atom. The predicted octanol–water partition coefficient (Wildman–Crippen LogP) is 3.37. The maximum atomic E-state index is 13.2. The zero-order valence-electron chi connectivity index (χ0n) is 22.9. The third-order valence-corrected chi connectivity index (χ3v) is 5.90. The number of ether oxygens (including phenoxy) is 2. The van der Waals surface area contributed by atoms with Crippen LogP contribution < -0.4 is 10.6 Å². The summed E-state index contributed by atoms with van der Waals surface area (Å²) in [4.78, 5) is 50.9. The maximum Gasteiger partial charge on any atom is 0.338 e. The monoisotopic (exact) mass is 546 g/mol. The molecule has 210 valence electrons. The Morgan fingerprint density at radius 3 is 1.93 bits per heavy atom. The highest BCUT2D eigenvalue weighted by Gasteiger charge is 2.32. The van der Waals surface area contributed by atoms with Gasteiger partial charge in [0.25, 0.3) is 11.8 Å². The van der Waals surface area contributed by atoms with E-state index in [-0.39, 0.29) is 6.42 Å². The van der Waals surface area contributed by atoms with E-state index in [1.54, 1.807) is 106 Å². The van der Waals surface area contributed by atoms with Crippen LogP contribution in [0, 0.1) is 0 Å². The number of aliphatic hydroxyl groups is 1. The summed E-state index contributed by atoms with van der Waals surface area (Å²) in [5, 5.41) is 16.3. The lowest BCUT2D eigenvalue weighted by Gasteiger charge is -2.26. The molecule has 9 heteroatoms. The summed E-state index contributed by atoms with van der Waals surface area (Å²) in [7, 11) is 1.19. The summed E-state index contributed by atoms with van der Waals surface area (Å²) in [5.41, 5.74) is 1.19. The van der Waals surface area contributed by atoms with Crippen molar-refractivity contribution in [1.29, 1.82) is 0 Å². The molecular formula is C31H34N2O7. The topological polar surface area (TPSA) is 131 Å². The van der Waals surface area contributed by atoms with E-state index < -0.39 is 47.5 Å². The van der Waals surface area contributed by atoms with Crippen molar-refractivity contribution in [3.8, 4) is 0 Å². The van der Waals surface area contributed by atoms with Gasteiger partial charge < -0.3 is 25.2 Å². The zero-order valence-corrected chi connectivity index (χ0v) is 22.9. The van der Waals surface area contributed by atoms with Crippen molar-refractivity contribution >= 4 is 23.8 Å². The van der Waals surface area contributed by atoms with Crippen molar-refractivity contribution in [2.75, 3.05) is 7.11 Å². The Hall–Kier alpha value is -4.50. The molecule has 0 bridgehead atoms. The molecule has 0 radical (unpaired) electrons. The number of rotatable bonds is 10. The zero-order chi connectivity index (χ0) is 29.3. The molecule has 40 heavy (non-hydrogen) atoms. The molecule has 0 spiro atoms. The van der Waals surface area contributed by atoms with Crippen molar-refractivity contribution < 1.29 is 33.8 Å². The molecule has 3 aromatic carbocycles. The molecule has 3 atom stereocenters. The number of aliphatic hydroxyl groups excluding tert-OH is 1. The molecule has 0 aromatic heterocycles. The molecule has 9 nitrogen and oxygen atoms in total. The lowest BCUT2D eigenvalue weighted by molar-refractivity contribution is -0.146. The van der Waals surface area contributed by atoms with Gasteiger partial charge >= 0.3 is 11.9 Å². The van der Waals surface area contributed by atoms with Gasteiger partial charge in [-0.25, -0.2) is 9.59 Å². The number of nitrogens with one attached hydrogen (secondary N) is 2. The quantitative estimate of drug-likeness (QED) is 0.332. The molecule has 3 N–H and O–H groups in total. The first-order valence-electron chi connectivity index (χ1n) is 12.8. The van der Waals surface area contributed by atoms with Crippen LogP contribution in [0.4, 0.5) is 0 Å². The van der Waals surface area contributed by atoms with E-state index in [4.69, 9.17) is 9.47 Å². The smallest absolute Gasteiger partial charge is 0.338 e. The third-order valence-electron chi connectivity index (χ3n) is 5.90. The average Bonchev–Trinajstić information content (AvgIpc) is 2.95. The van der Waals surface area contributed by atoms with Gasteiger partial charge in [-0.3, -0.25) is 9.59 Å². The van der Waals surface area contributed by atoms with Crippen LogP contribution in [0.3, 0.4) is 0 Å². The molecular weight excluding hydrogens is 512 g/mol. The van der Waals surface area contributed by atoms with Crippen molar-refractivity contribution in [3.05, 3.63) is 107 Å². The highest BCUT2D eigenvalue weighted by Crippen LogP contribution is 2.19. The Morgan fingerprint density at radius 1 is 0.800 bits per heavy atom. The van der Waals surface area contributed by atoms with Crippen LogP contribution in [0.15, 0.2) is 84.9 Å². The van der Waals surface area contributed by atoms with E-state index in [9.17, 15) is 24.3 Å². The molecule has 0 aliphatic carbocycles. The second-order valence-corrected chi connectivity index (χ2v) is 10.2. The largest absolute Gasteiger partial charge is 0.467 e. The molecule has 0 saturated heterocycles. The van der Waals surface area contributed by atoms with Crippen LogP contribution >= 0.6 is 0 Å². The average molecular weight is 547 g/mol. The lowest BCUT2D eigenvalue weighted by atomic mass is 9.99. The number of methoxy groups -OCH3 is 1. The molecule has 0 unspecified atom stereocenters. The summed E-state index contributed by atoms with van der Waals surface area (Å²) in [6.45, 7) is 5.31. The lowest BCUT2D eigenvalue weighted by Crippen LogP contribution is -2.51. The van der Waals surface area contributed by atoms with Gasteiger partial charge in [0.05, 0.1) is 18.7 Å². The van der Waals surface area contributed by atoms with Crippen LogP contribution in [0.25, 0.3) is 0 Å². The molecule has 0 fully saturated rings. The Labute approximate surface area is 233 Å². The minimum atomic E-state index is -1.73. The van der Waals surface area contributed by atoms with Gasteiger partial charge in [0.15, 0.2) is 6.10 Å². The summed E-state index contributed by atoms with van der Waals surface area (Å²) < 4.78 is 10.2. The number of amides is 2. The fourth-order valence-corrected chi connectivity index (χ4v) is 3.91. The predicted molar refractivity (Wildman–Crippen MR) is 148 cm³/mol. The second kappa shape index (κ2) is 13.5. The molecule has 0 heterocycles. The first kappa shape index (κ1) is 30.0. The minimum absolute atomic E-state index is 0.0338. The fraction of sp³-hybridized carbons (Fsp3) is 0.290. The van der Waals surface area contributed by atoms with Gasteiger partial charge in [-0.05, 0) is 56.2 Å². The van der Waals surface area contributed by atoms with Crippen molar-refractivity contribution in [2.45, 2.75) is 51.0 Å². The summed E-state index contributed by atoms with van der Waals surface area (Å²) >= 11 is 0. The fourth-order valence-electron chi connectivity index (χ4n) is 3.91. The molecule has 0 aliphatic heterocycles. The van der Waals surface area contributed by atoms with E-state index in [0.717, 1.165) is 0 Å². The van der Waals surface area contributed by atoms with Crippen LogP contribution in [0.1, 0.15) is 58.7 Å². The standard InChI is InChI=1S/C31H34N2O7/c1-31(2,3)40-29(37)23-17-15-20(16-18-23)19-24(30(38)39-4)32-28(36)26(34)25(21-11-7-5-8-12-21)33-27(35)22-13-9-6-10-14-22/h5-18,24-26,34H,19H2,1-4H3,(H,32,36)(H,33,35)/t24-,25+,26-/m1/s1. The van der Waals surface area contributed by atoms with Gasteiger partial charge in [0.1, 0.15) is 11.6 Å². The normalized spacial score (nSPS) is 13.3. The number of carbonyl (C=O) groups excluding carboxylic acids is 4. The summed E-state index contributed by atoms with van der Waals surface area (Å²) in [6, 6.07) is 21.2. The van der Waals surface area contributed by atoms with E-state index in [2.05, 4.69) is 10.6 Å². The first-order chi connectivity index (χ1) is 19.0. The second-order valence-electron chi connectivity index (χ2n) is 10.2. The Balaban J connectivity index is 1.76. The van der Waals surface area contributed by atoms with Gasteiger partial charge in [-0.1, -0.05) is 60.7 Å². The number of carbonyl (C=O) groups is 4. The van der Waals surface area contributed by atoms with E-state index in [1.165, 1.54) is 7.11 Å². The highest BCUT2D eigenvalue weighted by atomic mass is 16.6. The molecule has 0 aliphatic rings. The molecule has 2 amide bonds. The van der Waals surface area contributed by atoms with Crippen molar-refractivity contribution in [2.24, 2.45) is 0 Å². The van der Waals surface area contributed by atoms with Gasteiger partial charge in [-0.2, -0.15) is 0 Å². The SMILES string of the molecule is COC(=O)[C@@H](Cc1ccc(C(=O)OC(C)(C)C)cc1)NC(=O)[C@H](O)[C@@H](NC(=O)c1ccccc1)c1ccccc1.